The Hall–Kier alpha value is -0.610. The molecule has 0 radical (unpaired) electrons. The summed E-state index contributed by atoms with van der Waals surface area (Å²) in [6.07, 6.45) is 3.90. The number of hydrogen-bond acceptors (Lipinski definition) is 3. The van der Waals surface area contributed by atoms with E-state index in [2.05, 4.69) is 17.2 Å². The van der Waals surface area contributed by atoms with E-state index in [-0.39, 0.29) is 6.04 Å². The summed E-state index contributed by atoms with van der Waals surface area (Å²) in [5, 5.41) is 6.05. The molecule has 0 aliphatic heterocycles. The third kappa shape index (κ3) is 4.19. The van der Waals surface area contributed by atoms with Gasteiger partial charge in [0.2, 0.25) is 0 Å². The van der Waals surface area contributed by atoms with Crippen molar-refractivity contribution < 1.29 is 0 Å². The molecule has 1 aromatic carbocycles. The second-order valence-corrected chi connectivity index (χ2v) is 6.84. The lowest BCUT2D eigenvalue weighted by Crippen LogP contribution is -2.23. The van der Waals surface area contributed by atoms with E-state index >= 15 is 0 Å². The Bertz CT molecular complexity index is 569. The largest absolute Gasteiger partial charge is 0.309 e. The number of benzene rings is 1. The molecule has 108 valence electrons. The average molecular weight is 329 g/mol. The molecule has 0 saturated carbocycles. The van der Waals surface area contributed by atoms with Crippen LogP contribution in [0.1, 0.15) is 34.8 Å². The van der Waals surface area contributed by atoms with Gasteiger partial charge in [-0.25, -0.2) is 4.98 Å². The number of aryl methyl sites for hydroxylation is 1. The van der Waals surface area contributed by atoms with Crippen molar-refractivity contribution in [1.82, 2.24) is 10.3 Å². The quantitative estimate of drug-likeness (QED) is 0.803. The van der Waals surface area contributed by atoms with Crippen LogP contribution in [0.15, 0.2) is 24.4 Å². The predicted molar refractivity (Wildman–Crippen MR) is 88.1 cm³/mol. The maximum atomic E-state index is 6.28. The van der Waals surface area contributed by atoms with Crippen LogP contribution in [0.4, 0.5) is 0 Å². The zero-order chi connectivity index (χ0) is 14.5. The lowest BCUT2D eigenvalue weighted by Gasteiger charge is -2.17. The normalized spacial score (nSPS) is 12.6. The van der Waals surface area contributed by atoms with E-state index < -0.39 is 0 Å². The van der Waals surface area contributed by atoms with Crippen LogP contribution in [0.2, 0.25) is 10.0 Å². The SMILES string of the molecule is CCCNC(Cc1ccc(Cl)cc1Cl)c1cnc(C)s1. The summed E-state index contributed by atoms with van der Waals surface area (Å²) in [5.74, 6) is 0. The van der Waals surface area contributed by atoms with Crippen LogP contribution in [0.25, 0.3) is 0 Å². The maximum absolute atomic E-state index is 6.28. The van der Waals surface area contributed by atoms with E-state index in [9.17, 15) is 0 Å². The van der Waals surface area contributed by atoms with Gasteiger partial charge in [0.1, 0.15) is 0 Å². The molecule has 2 rings (SSSR count). The molecule has 5 heteroatoms. The molecular formula is C15H18Cl2N2S. The van der Waals surface area contributed by atoms with Gasteiger partial charge in [0.25, 0.3) is 0 Å². The Balaban J connectivity index is 2.18. The lowest BCUT2D eigenvalue weighted by atomic mass is 10.0. The van der Waals surface area contributed by atoms with Gasteiger partial charge in [-0.2, -0.15) is 0 Å². The predicted octanol–water partition coefficient (Wildman–Crippen LogP) is 5.04. The molecule has 1 unspecified atom stereocenters. The Labute approximate surface area is 134 Å². The minimum Gasteiger partial charge on any atom is -0.309 e. The highest BCUT2D eigenvalue weighted by Crippen LogP contribution is 2.28. The summed E-state index contributed by atoms with van der Waals surface area (Å²) in [4.78, 5) is 5.60. The fraction of sp³-hybridized carbons (Fsp3) is 0.400. The van der Waals surface area contributed by atoms with E-state index in [1.54, 1.807) is 17.4 Å². The first-order valence-corrected chi connectivity index (χ1v) is 8.27. The molecule has 0 spiro atoms. The van der Waals surface area contributed by atoms with Gasteiger partial charge in [-0.3, -0.25) is 0 Å². The average Bonchev–Trinajstić information content (AvgIpc) is 2.83. The summed E-state index contributed by atoms with van der Waals surface area (Å²) in [6, 6.07) is 5.93. The monoisotopic (exact) mass is 328 g/mol. The first-order chi connectivity index (χ1) is 9.60. The molecule has 20 heavy (non-hydrogen) atoms. The van der Waals surface area contributed by atoms with Crippen molar-refractivity contribution in [2.75, 3.05) is 6.54 Å². The topological polar surface area (TPSA) is 24.9 Å². The maximum Gasteiger partial charge on any atom is 0.0897 e. The fourth-order valence-corrected chi connectivity index (χ4v) is 3.38. The molecule has 1 aromatic heterocycles. The van der Waals surface area contributed by atoms with Gasteiger partial charge in [-0.1, -0.05) is 36.2 Å². The molecule has 0 aliphatic rings. The number of aromatic nitrogens is 1. The van der Waals surface area contributed by atoms with E-state index in [1.807, 2.05) is 25.3 Å². The van der Waals surface area contributed by atoms with Crippen LogP contribution in [-0.2, 0) is 6.42 Å². The van der Waals surface area contributed by atoms with E-state index in [0.29, 0.717) is 5.02 Å². The van der Waals surface area contributed by atoms with Gasteiger partial charge in [0.15, 0.2) is 0 Å². The third-order valence-corrected chi connectivity index (χ3v) is 4.68. The van der Waals surface area contributed by atoms with Crippen LogP contribution in [-0.4, -0.2) is 11.5 Å². The zero-order valence-electron chi connectivity index (χ0n) is 11.6. The van der Waals surface area contributed by atoms with E-state index in [0.717, 1.165) is 35.0 Å². The second-order valence-electron chi connectivity index (χ2n) is 4.73. The molecule has 1 N–H and O–H groups in total. The molecule has 1 heterocycles. The molecule has 1 atom stereocenters. The van der Waals surface area contributed by atoms with Crippen LogP contribution < -0.4 is 5.32 Å². The Morgan fingerprint density at radius 3 is 2.75 bits per heavy atom. The van der Waals surface area contributed by atoms with Gasteiger partial charge in [-0.05, 0) is 44.0 Å². The first kappa shape index (κ1) is 15.8. The van der Waals surface area contributed by atoms with Crippen molar-refractivity contribution in [1.29, 1.82) is 0 Å². The van der Waals surface area contributed by atoms with Crippen molar-refractivity contribution in [2.24, 2.45) is 0 Å². The van der Waals surface area contributed by atoms with Crippen molar-refractivity contribution in [2.45, 2.75) is 32.7 Å². The van der Waals surface area contributed by atoms with Gasteiger partial charge >= 0.3 is 0 Å². The van der Waals surface area contributed by atoms with Gasteiger partial charge in [0.05, 0.1) is 5.01 Å². The minimum absolute atomic E-state index is 0.250. The van der Waals surface area contributed by atoms with Crippen LogP contribution in [0, 0.1) is 6.92 Å². The molecule has 2 nitrogen and oxygen atoms in total. The highest BCUT2D eigenvalue weighted by molar-refractivity contribution is 7.11. The van der Waals surface area contributed by atoms with E-state index in [1.165, 1.54) is 4.88 Å². The standard InChI is InChI=1S/C15H18Cl2N2S/c1-3-6-18-14(15-9-19-10(2)20-15)7-11-4-5-12(16)8-13(11)17/h4-5,8-9,14,18H,3,6-7H2,1-2H3. The summed E-state index contributed by atoms with van der Waals surface area (Å²) in [5.41, 5.74) is 1.11. The first-order valence-electron chi connectivity index (χ1n) is 6.69. The number of nitrogens with zero attached hydrogens (tertiary/aromatic N) is 1. The molecule has 0 fully saturated rings. The van der Waals surface area contributed by atoms with E-state index in [4.69, 9.17) is 23.2 Å². The third-order valence-electron chi connectivity index (χ3n) is 3.06. The molecule has 2 aromatic rings. The van der Waals surface area contributed by atoms with Crippen molar-refractivity contribution >= 4 is 34.5 Å². The molecule has 0 aliphatic carbocycles. The Morgan fingerprint density at radius 1 is 1.35 bits per heavy atom. The summed E-state index contributed by atoms with van der Waals surface area (Å²) in [7, 11) is 0. The summed E-state index contributed by atoms with van der Waals surface area (Å²) >= 11 is 14.0. The lowest BCUT2D eigenvalue weighted by molar-refractivity contribution is 0.536. The van der Waals surface area contributed by atoms with Crippen molar-refractivity contribution in [3.05, 3.63) is 49.9 Å². The molecule has 0 amide bonds. The number of halogens is 2. The fourth-order valence-electron chi connectivity index (χ4n) is 2.04. The van der Waals surface area contributed by atoms with Gasteiger partial charge < -0.3 is 5.32 Å². The van der Waals surface area contributed by atoms with Gasteiger partial charge in [-0.15, -0.1) is 11.3 Å². The number of rotatable bonds is 6. The van der Waals surface area contributed by atoms with Crippen LogP contribution in [0.5, 0.6) is 0 Å². The molecule has 0 bridgehead atoms. The molecule has 0 saturated heterocycles. The van der Waals surface area contributed by atoms with Crippen LogP contribution in [0.3, 0.4) is 0 Å². The van der Waals surface area contributed by atoms with Crippen molar-refractivity contribution in [3.8, 4) is 0 Å². The Kier molecular flexibility index (Phi) is 5.85. The minimum atomic E-state index is 0.250. The number of thiazole rings is 1. The van der Waals surface area contributed by atoms with Crippen LogP contribution >= 0.6 is 34.5 Å². The highest BCUT2D eigenvalue weighted by atomic mass is 35.5. The molecular weight excluding hydrogens is 311 g/mol. The smallest absolute Gasteiger partial charge is 0.0897 e. The highest BCUT2D eigenvalue weighted by Gasteiger charge is 2.16. The zero-order valence-corrected chi connectivity index (χ0v) is 13.9. The second kappa shape index (κ2) is 7.41. The Morgan fingerprint density at radius 2 is 2.15 bits per heavy atom. The number of nitrogens with one attached hydrogen (secondary N) is 1. The summed E-state index contributed by atoms with van der Waals surface area (Å²) < 4.78 is 0. The number of hydrogen-bond donors (Lipinski definition) is 1. The van der Waals surface area contributed by atoms with Crippen molar-refractivity contribution in [3.63, 3.8) is 0 Å². The van der Waals surface area contributed by atoms with Gasteiger partial charge in [0, 0.05) is 27.2 Å². The summed E-state index contributed by atoms with van der Waals surface area (Å²) in [6.45, 7) is 5.17.